The summed E-state index contributed by atoms with van der Waals surface area (Å²) in [7, 11) is 0. The predicted molar refractivity (Wildman–Crippen MR) is 48.4 cm³/mol. The normalized spacial score (nSPS) is 14.3. The molecule has 0 saturated carbocycles. The zero-order chi connectivity index (χ0) is 9.87. The topological polar surface area (TPSA) is 51.2 Å². The van der Waals surface area contributed by atoms with Gasteiger partial charge in [-0.3, -0.25) is 14.4 Å². The van der Waals surface area contributed by atoms with Crippen LogP contribution in [0.25, 0.3) is 0 Å². The Morgan fingerprint density at radius 3 is 1.57 bits per heavy atom. The highest BCUT2D eigenvalue weighted by atomic mass is 16.2. The fraction of sp³-hybridized carbons (Fsp3) is 0. The molecule has 2 aromatic carbocycles. The van der Waals surface area contributed by atoms with Gasteiger partial charge in [-0.1, -0.05) is 24.3 Å². The molecule has 3 rings (SSSR count). The van der Waals surface area contributed by atoms with E-state index in [0.29, 0.717) is 11.1 Å². The summed E-state index contributed by atoms with van der Waals surface area (Å²) < 4.78 is 0. The number of rotatable bonds is 0. The van der Waals surface area contributed by atoms with Gasteiger partial charge in [0.05, 0.1) is 11.1 Å². The average Bonchev–Trinajstić information content (AvgIpc) is 2.87. The third-order valence-electron chi connectivity index (χ3n) is 2.51. The lowest BCUT2D eigenvalue weighted by Gasteiger charge is -2.06. The van der Waals surface area contributed by atoms with Crippen molar-refractivity contribution in [2.75, 3.05) is 0 Å². The molecule has 0 amide bonds. The van der Waals surface area contributed by atoms with Crippen LogP contribution in [0.4, 0.5) is 0 Å². The summed E-state index contributed by atoms with van der Waals surface area (Å²) in [6.45, 7) is 0. The Bertz CT molecular complexity index is 547. The lowest BCUT2D eigenvalue weighted by molar-refractivity contribution is 0.0989. The Hall–Kier alpha value is -2.03. The Morgan fingerprint density at radius 1 is 0.714 bits per heavy atom. The van der Waals surface area contributed by atoms with Crippen LogP contribution < -0.4 is 5.43 Å². The summed E-state index contributed by atoms with van der Waals surface area (Å²) >= 11 is 0. The number of hydrogen-bond acceptors (Lipinski definition) is 3. The van der Waals surface area contributed by atoms with Crippen LogP contribution in [0.2, 0.25) is 0 Å². The van der Waals surface area contributed by atoms with E-state index in [1.165, 1.54) is 0 Å². The van der Waals surface area contributed by atoms with E-state index in [2.05, 4.69) is 0 Å². The first-order valence-corrected chi connectivity index (χ1v) is 4.19. The van der Waals surface area contributed by atoms with Gasteiger partial charge in [-0.2, -0.15) is 0 Å². The Kier molecular flexibility index (Phi) is 1.09. The van der Waals surface area contributed by atoms with Crippen molar-refractivity contribution in [3.63, 3.8) is 0 Å². The number of hydrogen-bond donors (Lipinski definition) is 0. The first-order valence-electron chi connectivity index (χ1n) is 4.19. The van der Waals surface area contributed by atoms with Crippen molar-refractivity contribution >= 4 is 11.6 Å². The molecule has 0 aliphatic heterocycles. The summed E-state index contributed by atoms with van der Waals surface area (Å²) in [6, 6.07) is 6.51. The molecule has 1 aliphatic carbocycles. The summed E-state index contributed by atoms with van der Waals surface area (Å²) in [6.07, 6.45) is 0. The van der Waals surface area contributed by atoms with E-state index in [0.717, 1.165) is 0 Å². The molecular weight excluding hydrogens is 180 g/mol. The highest BCUT2D eigenvalue weighted by molar-refractivity contribution is 6.32. The molecule has 0 saturated heterocycles. The fourth-order valence-electron chi connectivity index (χ4n) is 1.75. The Labute approximate surface area is 78.7 Å². The van der Waals surface area contributed by atoms with Crippen molar-refractivity contribution in [3.8, 4) is 0 Å². The maximum atomic E-state index is 11.6. The molecule has 0 aromatic heterocycles. The van der Waals surface area contributed by atoms with E-state index < -0.39 is 0 Å². The van der Waals surface area contributed by atoms with Crippen LogP contribution in [0.3, 0.4) is 0 Å². The summed E-state index contributed by atoms with van der Waals surface area (Å²) in [4.78, 5) is 34.3. The van der Waals surface area contributed by atoms with Crippen LogP contribution in [0.5, 0.6) is 0 Å². The number of ketones is 2. The highest BCUT2D eigenvalue weighted by Gasteiger charge is 2.41. The third-order valence-corrected chi connectivity index (χ3v) is 2.51. The maximum Gasteiger partial charge on any atom is 0.202 e. The number of carbonyl (C=O) groups is 2. The molecule has 0 unspecified atom stereocenters. The Balaban J connectivity index is 2.36. The summed E-state index contributed by atoms with van der Waals surface area (Å²) in [5, 5.41) is 0. The number of carbonyl (C=O) groups excluding carboxylic acids is 2. The first-order chi connectivity index (χ1) is 6.72. The molecular formula is C11H4O3. The minimum Gasteiger partial charge on any atom is -0.288 e. The SMILES string of the molecule is O=C1c2ccccc2C(=O)c2c1c2=O. The van der Waals surface area contributed by atoms with Crippen molar-refractivity contribution in [3.05, 3.63) is 56.7 Å². The van der Waals surface area contributed by atoms with Gasteiger partial charge < -0.3 is 0 Å². The molecule has 0 spiro atoms. The van der Waals surface area contributed by atoms with Gasteiger partial charge in [0, 0.05) is 11.1 Å². The van der Waals surface area contributed by atoms with E-state index in [-0.39, 0.29) is 28.1 Å². The van der Waals surface area contributed by atoms with E-state index in [1.807, 2.05) is 0 Å². The summed E-state index contributed by atoms with van der Waals surface area (Å²) in [5.74, 6) is -0.611. The smallest absolute Gasteiger partial charge is 0.202 e. The molecule has 3 nitrogen and oxygen atoms in total. The predicted octanol–water partition coefficient (Wildman–Crippen LogP) is 0.698. The number of fused-ring (bicyclic) bond motifs is 2. The van der Waals surface area contributed by atoms with Gasteiger partial charge >= 0.3 is 0 Å². The lowest BCUT2D eigenvalue weighted by atomic mass is 9.93. The molecule has 0 bridgehead atoms. The molecule has 0 radical (unpaired) electrons. The minimum absolute atomic E-state index is 0.0914. The number of benzene rings is 1. The molecule has 3 heteroatoms. The van der Waals surface area contributed by atoms with Gasteiger partial charge in [0.25, 0.3) is 0 Å². The zero-order valence-electron chi connectivity index (χ0n) is 7.03. The van der Waals surface area contributed by atoms with Gasteiger partial charge in [-0.05, 0) is 0 Å². The zero-order valence-corrected chi connectivity index (χ0v) is 7.03. The van der Waals surface area contributed by atoms with Crippen molar-refractivity contribution in [2.24, 2.45) is 0 Å². The van der Waals surface area contributed by atoms with Gasteiger partial charge in [0.2, 0.25) is 5.43 Å². The van der Waals surface area contributed by atoms with Crippen molar-refractivity contribution in [2.45, 2.75) is 0 Å². The third kappa shape index (κ3) is 0.656. The Morgan fingerprint density at radius 2 is 1.14 bits per heavy atom. The van der Waals surface area contributed by atoms with Crippen LogP contribution >= 0.6 is 0 Å². The fourth-order valence-corrected chi connectivity index (χ4v) is 1.75. The van der Waals surface area contributed by atoms with Crippen LogP contribution in [0, 0.1) is 0 Å². The maximum absolute atomic E-state index is 11.6. The van der Waals surface area contributed by atoms with Crippen molar-refractivity contribution < 1.29 is 9.59 Å². The second-order valence-corrected chi connectivity index (χ2v) is 3.28. The van der Waals surface area contributed by atoms with Crippen LogP contribution in [-0.2, 0) is 0 Å². The standard InChI is InChI=1S/C11H4O3/c12-9-5-3-1-2-4-6(5)10(13)8-7(9)11(8)14/h1-4H. The van der Waals surface area contributed by atoms with Crippen LogP contribution in [0.15, 0.2) is 29.1 Å². The minimum atomic E-state index is -0.379. The lowest BCUT2D eigenvalue weighted by Crippen LogP contribution is -2.12. The molecule has 66 valence electrons. The molecule has 0 N–H and O–H groups in total. The monoisotopic (exact) mass is 184 g/mol. The quantitative estimate of drug-likeness (QED) is 0.516. The van der Waals surface area contributed by atoms with Gasteiger partial charge in [-0.15, -0.1) is 0 Å². The van der Waals surface area contributed by atoms with Gasteiger partial charge in [0.15, 0.2) is 11.6 Å². The van der Waals surface area contributed by atoms with E-state index >= 15 is 0 Å². The second-order valence-electron chi connectivity index (χ2n) is 3.28. The van der Waals surface area contributed by atoms with Crippen molar-refractivity contribution in [1.29, 1.82) is 0 Å². The molecule has 0 heterocycles. The van der Waals surface area contributed by atoms with E-state index in [1.54, 1.807) is 24.3 Å². The van der Waals surface area contributed by atoms with Crippen molar-refractivity contribution in [1.82, 2.24) is 0 Å². The van der Waals surface area contributed by atoms with Crippen LogP contribution in [-0.4, -0.2) is 11.6 Å². The largest absolute Gasteiger partial charge is 0.288 e. The first kappa shape index (κ1) is 7.38. The molecule has 14 heavy (non-hydrogen) atoms. The van der Waals surface area contributed by atoms with Gasteiger partial charge in [-0.25, -0.2) is 0 Å². The molecule has 1 aliphatic rings. The highest BCUT2D eigenvalue weighted by Crippen LogP contribution is 2.27. The molecule has 2 aromatic rings. The molecule has 0 fully saturated rings. The van der Waals surface area contributed by atoms with E-state index in [4.69, 9.17) is 0 Å². The van der Waals surface area contributed by atoms with Gasteiger partial charge in [0.1, 0.15) is 0 Å². The summed E-state index contributed by atoms with van der Waals surface area (Å²) in [5.41, 5.74) is 0.503. The molecule has 0 atom stereocenters. The van der Waals surface area contributed by atoms with Crippen LogP contribution in [0.1, 0.15) is 31.8 Å². The van der Waals surface area contributed by atoms with E-state index in [9.17, 15) is 14.4 Å². The average molecular weight is 184 g/mol. The second kappa shape index (κ2) is 2.07.